The summed E-state index contributed by atoms with van der Waals surface area (Å²) < 4.78 is 0. The quantitative estimate of drug-likeness (QED) is 0.804. The Morgan fingerprint density at radius 2 is 2.00 bits per heavy atom. The summed E-state index contributed by atoms with van der Waals surface area (Å²) in [5, 5.41) is 12.1. The summed E-state index contributed by atoms with van der Waals surface area (Å²) in [6, 6.07) is 0.128. The fraction of sp³-hybridized carbons (Fsp3) is 0.846. The van der Waals surface area contributed by atoms with Crippen LogP contribution in [0.1, 0.15) is 46.0 Å². The van der Waals surface area contributed by atoms with Gasteiger partial charge >= 0.3 is 12.0 Å². The fourth-order valence-electron chi connectivity index (χ4n) is 3.23. The van der Waals surface area contributed by atoms with Gasteiger partial charge in [0.2, 0.25) is 0 Å². The Bertz CT molecular complexity index is 352. The molecule has 1 aliphatic heterocycles. The minimum Gasteiger partial charge on any atom is -0.480 e. The molecule has 1 saturated carbocycles. The van der Waals surface area contributed by atoms with Gasteiger partial charge in [-0.2, -0.15) is 0 Å². The van der Waals surface area contributed by atoms with Crippen molar-refractivity contribution in [2.75, 3.05) is 6.54 Å². The number of amides is 2. The van der Waals surface area contributed by atoms with Gasteiger partial charge in [0, 0.05) is 12.6 Å². The molecule has 2 bridgehead atoms. The van der Waals surface area contributed by atoms with E-state index in [1.54, 1.807) is 13.8 Å². The van der Waals surface area contributed by atoms with Gasteiger partial charge in [-0.1, -0.05) is 13.8 Å². The molecule has 102 valence electrons. The number of likely N-dealkylation sites (tertiary alicyclic amines) is 1. The number of nitrogens with one attached hydrogen (secondary N) is 1. The fourth-order valence-corrected chi connectivity index (χ4v) is 3.23. The third kappa shape index (κ3) is 2.06. The number of fused-ring (bicyclic) bond motifs is 2. The minimum atomic E-state index is -1.11. The van der Waals surface area contributed by atoms with Crippen LogP contribution in [0.25, 0.3) is 0 Å². The summed E-state index contributed by atoms with van der Waals surface area (Å²) in [5.74, 6) is -0.312. The molecule has 2 atom stereocenters. The molecule has 2 N–H and O–H groups in total. The van der Waals surface area contributed by atoms with Crippen LogP contribution >= 0.6 is 0 Å². The zero-order valence-electron chi connectivity index (χ0n) is 11.1. The monoisotopic (exact) mass is 254 g/mol. The minimum absolute atomic E-state index is 0.201. The van der Waals surface area contributed by atoms with Crippen LogP contribution in [0, 0.1) is 5.92 Å². The largest absolute Gasteiger partial charge is 0.480 e. The lowest BCUT2D eigenvalue weighted by Gasteiger charge is -2.33. The van der Waals surface area contributed by atoms with Gasteiger partial charge in [0.15, 0.2) is 0 Å². The lowest BCUT2D eigenvalue weighted by atomic mass is 9.93. The van der Waals surface area contributed by atoms with Crippen LogP contribution < -0.4 is 5.32 Å². The maximum Gasteiger partial charge on any atom is 0.329 e. The van der Waals surface area contributed by atoms with E-state index >= 15 is 0 Å². The van der Waals surface area contributed by atoms with Gasteiger partial charge in [-0.15, -0.1) is 0 Å². The van der Waals surface area contributed by atoms with Crippen LogP contribution in [-0.4, -0.2) is 40.1 Å². The Morgan fingerprint density at radius 3 is 2.39 bits per heavy atom. The predicted octanol–water partition coefficient (Wildman–Crippen LogP) is 1.82. The molecule has 1 aliphatic carbocycles. The Kier molecular flexibility index (Phi) is 3.50. The first kappa shape index (κ1) is 13.2. The first-order valence-corrected chi connectivity index (χ1v) is 6.84. The van der Waals surface area contributed by atoms with Gasteiger partial charge in [0.25, 0.3) is 0 Å². The van der Waals surface area contributed by atoms with Gasteiger partial charge in [0.05, 0.1) is 0 Å². The molecule has 0 aromatic heterocycles. The summed E-state index contributed by atoms with van der Waals surface area (Å²) >= 11 is 0. The van der Waals surface area contributed by atoms with Gasteiger partial charge in [0.1, 0.15) is 5.54 Å². The van der Waals surface area contributed by atoms with Gasteiger partial charge in [-0.25, -0.2) is 9.59 Å². The van der Waals surface area contributed by atoms with E-state index in [1.807, 2.05) is 4.90 Å². The summed E-state index contributed by atoms with van der Waals surface area (Å²) in [6.07, 6.45) is 4.18. The van der Waals surface area contributed by atoms with Crippen LogP contribution in [0.15, 0.2) is 0 Å². The number of hydrogen-bond donors (Lipinski definition) is 2. The van der Waals surface area contributed by atoms with E-state index in [0.717, 1.165) is 19.4 Å². The average molecular weight is 254 g/mol. The first-order valence-electron chi connectivity index (χ1n) is 6.84. The molecule has 0 radical (unpaired) electrons. The highest BCUT2D eigenvalue weighted by Gasteiger charge is 2.43. The van der Waals surface area contributed by atoms with Crippen LogP contribution in [0.5, 0.6) is 0 Å². The average Bonchev–Trinajstić information content (AvgIpc) is 2.97. The summed E-state index contributed by atoms with van der Waals surface area (Å²) in [7, 11) is 0. The van der Waals surface area contributed by atoms with Crippen LogP contribution in [0.4, 0.5) is 4.79 Å². The third-order valence-corrected chi connectivity index (χ3v) is 4.63. The molecule has 2 amide bonds. The van der Waals surface area contributed by atoms with Gasteiger partial charge in [-0.3, -0.25) is 0 Å². The number of rotatable bonds is 4. The molecule has 0 aromatic rings. The first-order chi connectivity index (χ1) is 8.52. The van der Waals surface area contributed by atoms with E-state index in [-0.39, 0.29) is 6.03 Å². The third-order valence-electron chi connectivity index (χ3n) is 4.63. The van der Waals surface area contributed by atoms with Crippen molar-refractivity contribution < 1.29 is 14.7 Å². The van der Waals surface area contributed by atoms with Crippen molar-refractivity contribution in [3.05, 3.63) is 0 Å². The van der Waals surface area contributed by atoms with Crippen molar-refractivity contribution in [1.29, 1.82) is 0 Å². The van der Waals surface area contributed by atoms with Crippen molar-refractivity contribution in [3.8, 4) is 0 Å². The number of carbonyl (C=O) groups excluding carboxylic acids is 1. The topological polar surface area (TPSA) is 69.6 Å². The van der Waals surface area contributed by atoms with E-state index < -0.39 is 11.5 Å². The number of aliphatic carboxylic acids is 1. The molecule has 2 aliphatic rings. The number of nitrogens with zero attached hydrogens (tertiary/aromatic N) is 1. The molecule has 5 nitrogen and oxygen atoms in total. The van der Waals surface area contributed by atoms with Crippen molar-refractivity contribution >= 4 is 12.0 Å². The zero-order chi connectivity index (χ0) is 13.3. The smallest absolute Gasteiger partial charge is 0.329 e. The maximum atomic E-state index is 12.2. The van der Waals surface area contributed by atoms with Gasteiger partial charge < -0.3 is 15.3 Å². The van der Waals surface area contributed by atoms with E-state index in [0.29, 0.717) is 24.8 Å². The van der Waals surface area contributed by atoms with Crippen molar-refractivity contribution in [2.24, 2.45) is 5.92 Å². The second kappa shape index (κ2) is 4.78. The summed E-state index contributed by atoms with van der Waals surface area (Å²) in [4.78, 5) is 25.4. The van der Waals surface area contributed by atoms with Crippen molar-refractivity contribution in [1.82, 2.24) is 10.2 Å². The number of piperidine rings is 1. The van der Waals surface area contributed by atoms with Gasteiger partial charge in [-0.05, 0) is 38.0 Å². The Labute approximate surface area is 108 Å². The van der Waals surface area contributed by atoms with E-state index in [9.17, 15) is 14.7 Å². The molecule has 2 unspecified atom stereocenters. The van der Waals surface area contributed by atoms with Crippen molar-refractivity contribution in [2.45, 2.75) is 57.5 Å². The lowest BCUT2D eigenvalue weighted by molar-refractivity contribution is -0.144. The number of carbonyl (C=O) groups is 2. The van der Waals surface area contributed by atoms with E-state index in [4.69, 9.17) is 0 Å². The zero-order valence-corrected chi connectivity index (χ0v) is 11.1. The predicted molar refractivity (Wildman–Crippen MR) is 67.3 cm³/mol. The molecular formula is C13H22N2O3. The van der Waals surface area contributed by atoms with Crippen LogP contribution in [0.3, 0.4) is 0 Å². The van der Waals surface area contributed by atoms with Crippen molar-refractivity contribution in [3.63, 3.8) is 0 Å². The Hall–Kier alpha value is -1.26. The second-order valence-corrected chi connectivity index (χ2v) is 5.51. The number of urea groups is 1. The SMILES string of the molecule is CCC(CC)(NC(=O)N1CC2CCC1C2)C(=O)O. The molecule has 0 aromatic carbocycles. The number of carboxylic acids is 1. The Morgan fingerprint density at radius 1 is 1.33 bits per heavy atom. The second-order valence-electron chi connectivity index (χ2n) is 5.51. The summed E-state index contributed by atoms with van der Waals surface area (Å²) in [5.41, 5.74) is -1.11. The molecule has 5 heteroatoms. The normalized spacial score (nSPS) is 26.4. The number of hydrogen-bond acceptors (Lipinski definition) is 2. The van der Waals surface area contributed by atoms with Crippen LogP contribution in [-0.2, 0) is 4.79 Å². The molecule has 1 heterocycles. The molecular weight excluding hydrogens is 232 g/mol. The number of carboxylic acid groups (broad SMARTS) is 1. The maximum absolute atomic E-state index is 12.2. The Balaban J connectivity index is 2.03. The standard InChI is InChI=1S/C13H22N2O3/c1-3-13(4-2,11(16)17)14-12(18)15-8-9-5-6-10(15)7-9/h9-10H,3-8H2,1-2H3,(H,14,18)(H,16,17). The molecule has 2 fully saturated rings. The molecule has 0 spiro atoms. The van der Waals surface area contributed by atoms with E-state index in [1.165, 1.54) is 6.42 Å². The highest BCUT2D eigenvalue weighted by Crippen LogP contribution is 2.37. The van der Waals surface area contributed by atoms with Crippen LogP contribution in [0.2, 0.25) is 0 Å². The molecule has 18 heavy (non-hydrogen) atoms. The highest BCUT2D eigenvalue weighted by molar-refractivity contribution is 5.86. The molecule has 1 saturated heterocycles. The lowest BCUT2D eigenvalue weighted by Crippen LogP contribution is -2.58. The highest BCUT2D eigenvalue weighted by atomic mass is 16.4. The molecule has 2 rings (SSSR count). The van der Waals surface area contributed by atoms with E-state index in [2.05, 4.69) is 5.32 Å². The summed E-state index contributed by atoms with van der Waals surface area (Å²) in [6.45, 7) is 4.39.